The van der Waals surface area contributed by atoms with Gasteiger partial charge in [0.2, 0.25) is 10.1 Å². The van der Waals surface area contributed by atoms with Crippen LogP contribution in [0.15, 0.2) is 23.1 Å². The summed E-state index contributed by atoms with van der Waals surface area (Å²) in [5, 5.41) is 8.54. The van der Waals surface area contributed by atoms with E-state index in [2.05, 4.69) is 6.07 Å². The van der Waals surface area contributed by atoms with Crippen molar-refractivity contribution in [2.75, 3.05) is 0 Å². The predicted octanol–water partition coefficient (Wildman–Crippen LogP) is -2.56. The average molecular weight is 224 g/mol. The Morgan fingerprint density at radius 3 is 2.36 bits per heavy atom. The van der Waals surface area contributed by atoms with Crippen LogP contribution in [-0.4, -0.2) is 24.0 Å². The van der Waals surface area contributed by atoms with E-state index in [1.807, 2.05) is 0 Å². The Kier molecular flexibility index (Phi) is 4.76. The summed E-state index contributed by atoms with van der Waals surface area (Å²) in [6, 6.07) is 5.56. The second-order valence-corrected chi connectivity index (χ2v) is 3.59. The van der Waals surface area contributed by atoms with Crippen LogP contribution in [0.5, 0.6) is 0 Å². The van der Waals surface area contributed by atoms with Gasteiger partial charge < -0.3 is 5.11 Å². The fraction of sp³-hybridized carbons (Fsp3) is 0. The average Bonchev–Trinajstić information content (AvgIpc) is 2.03. The monoisotopic (exact) mass is 224 g/mol. The molecule has 1 aromatic rings. The number of carboxylic acids is 1. The summed E-state index contributed by atoms with van der Waals surface area (Å²) >= 11 is 0. The van der Waals surface area contributed by atoms with Gasteiger partial charge in [0, 0.05) is 0 Å². The molecule has 0 saturated carbocycles. The molecule has 5 nitrogen and oxygen atoms in total. The molecule has 0 bridgehead atoms. The Labute approximate surface area is 103 Å². The molecular formula is C7H5NaO5S. The van der Waals surface area contributed by atoms with Crippen molar-refractivity contribution in [1.29, 1.82) is 0 Å². The summed E-state index contributed by atoms with van der Waals surface area (Å²) in [6.07, 6.45) is 0. The summed E-state index contributed by atoms with van der Waals surface area (Å²) in [6.45, 7) is 0. The van der Waals surface area contributed by atoms with E-state index in [0.29, 0.717) is 0 Å². The predicted molar refractivity (Wildman–Crippen MR) is 42.1 cm³/mol. The van der Waals surface area contributed by atoms with Crippen molar-refractivity contribution in [3.63, 3.8) is 0 Å². The van der Waals surface area contributed by atoms with E-state index in [1.165, 1.54) is 6.07 Å². The molecule has 0 radical (unpaired) electrons. The van der Waals surface area contributed by atoms with Crippen molar-refractivity contribution in [3.05, 3.63) is 29.8 Å². The third-order valence-electron chi connectivity index (χ3n) is 1.33. The molecule has 0 fully saturated rings. The summed E-state index contributed by atoms with van der Waals surface area (Å²) in [4.78, 5) is 9.83. The SMILES string of the molecule is O=C(O)c1cc[c-]cc1S(=O)(=O)O.[Na+]. The number of aromatic carboxylic acids is 1. The van der Waals surface area contributed by atoms with E-state index in [-0.39, 0.29) is 29.6 Å². The van der Waals surface area contributed by atoms with E-state index in [1.54, 1.807) is 0 Å². The van der Waals surface area contributed by atoms with Crippen LogP contribution in [0.4, 0.5) is 0 Å². The molecule has 1 rings (SSSR count). The fourth-order valence-corrected chi connectivity index (χ4v) is 1.46. The largest absolute Gasteiger partial charge is 1.00 e. The maximum atomic E-state index is 10.6. The quantitative estimate of drug-likeness (QED) is 0.327. The van der Waals surface area contributed by atoms with Gasteiger partial charge >= 0.3 is 35.5 Å². The van der Waals surface area contributed by atoms with E-state index in [4.69, 9.17) is 9.66 Å². The van der Waals surface area contributed by atoms with Crippen molar-refractivity contribution in [2.24, 2.45) is 0 Å². The molecule has 0 aromatic heterocycles. The van der Waals surface area contributed by atoms with Gasteiger partial charge in [0.15, 0.2) is 0 Å². The number of hydrogen-bond acceptors (Lipinski definition) is 3. The van der Waals surface area contributed by atoms with E-state index in [0.717, 1.165) is 12.1 Å². The van der Waals surface area contributed by atoms with Gasteiger partial charge in [-0.3, -0.25) is 4.55 Å². The molecule has 0 heterocycles. The normalized spacial score (nSPS) is 10.4. The number of carbonyl (C=O) groups is 1. The zero-order valence-corrected chi connectivity index (χ0v) is 10.1. The van der Waals surface area contributed by atoms with Crippen LogP contribution < -0.4 is 29.6 Å². The van der Waals surface area contributed by atoms with Gasteiger partial charge in [-0.2, -0.15) is 24.3 Å². The minimum atomic E-state index is -4.49. The maximum absolute atomic E-state index is 10.6. The van der Waals surface area contributed by atoms with Crippen LogP contribution in [0.2, 0.25) is 0 Å². The van der Waals surface area contributed by atoms with Gasteiger partial charge in [-0.25, -0.2) is 13.2 Å². The van der Waals surface area contributed by atoms with Gasteiger partial charge in [0.05, 0.1) is 0 Å². The fourth-order valence-electron chi connectivity index (χ4n) is 0.805. The Balaban J connectivity index is 0.00000169. The summed E-state index contributed by atoms with van der Waals surface area (Å²) in [5.74, 6) is -1.42. The minimum Gasteiger partial charge on any atom is -0.479 e. The van der Waals surface area contributed by atoms with Crippen LogP contribution in [0, 0.1) is 6.07 Å². The molecule has 0 atom stereocenters. The first-order valence-corrected chi connectivity index (χ1v) is 4.58. The Bertz CT molecular complexity index is 439. The Morgan fingerprint density at radius 2 is 2.00 bits per heavy atom. The maximum Gasteiger partial charge on any atom is 1.00 e. The molecule has 14 heavy (non-hydrogen) atoms. The molecule has 0 aliphatic rings. The molecule has 0 saturated heterocycles. The summed E-state index contributed by atoms with van der Waals surface area (Å²) in [7, 11) is -4.49. The van der Waals surface area contributed by atoms with Crippen molar-refractivity contribution >= 4 is 16.1 Å². The zero-order chi connectivity index (χ0) is 10.1. The molecule has 70 valence electrons. The number of rotatable bonds is 2. The smallest absolute Gasteiger partial charge is 0.479 e. The Hall–Kier alpha value is -0.400. The van der Waals surface area contributed by atoms with Crippen molar-refractivity contribution in [2.45, 2.75) is 4.90 Å². The zero-order valence-electron chi connectivity index (χ0n) is 7.26. The first-order chi connectivity index (χ1) is 5.93. The minimum absolute atomic E-state index is 0. The first-order valence-electron chi connectivity index (χ1n) is 3.14. The molecular weight excluding hydrogens is 219 g/mol. The van der Waals surface area contributed by atoms with Gasteiger partial charge in [-0.1, -0.05) is 0 Å². The van der Waals surface area contributed by atoms with Crippen LogP contribution in [0.3, 0.4) is 0 Å². The van der Waals surface area contributed by atoms with Crippen molar-refractivity contribution in [3.8, 4) is 0 Å². The second kappa shape index (κ2) is 4.90. The van der Waals surface area contributed by atoms with Crippen LogP contribution >= 0.6 is 0 Å². The molecule has 7 heteroatoms. The first kappa shape index (κ1) is 13.6. The molecule has 2 N–H and O–H groups in total. The molecule has 0 aliphatic heterocycles. The van der Waals surface area contributed by atoms with Gasteiger partial charge in [-0.15, -0.1) is 0 Å². The molecule has 1 aromatic carbocycles. The van der Waals surface area contributed by atoms with Gasteiger partial charge in [0.1, 0.15) is 0 Å². The van der Waals surface area contributed by atoms with Crippen LogP contribution in [-0.2, 0) is 10.1 Å². The molecule has 0 spiro atoms. The molecule has 0 amide bonds. The van der Waals surface area contributed by atoms with Gasteiger partial charge in [0.25, 0.3) is 0 Å². The molecule has 0 aliphatic carbocycles. The third kappa shape index (κ3) is 3.07. The third-order valence-corrected chi connectivity index (χ3v) is 2.23. The number of benzene rings is 1. The van der Waals surface area contributed by atoms with Gasteiger partial charge in [-0.05, 0) is 10.5 Å². The van der Waals surface area contributed by atoms with E-state index in [9.17, 15) is 13.2 Å². The second-order valence-electron chi connectivity index (χ2n) is 2.20. The topological polar surface area (TPSA) is 91.7 Å². The number of hydrogen-bond donors (Lipinski definition) is 2. The van der Waals surface area contributed by atoms with E-state index < -0.39 is 26.5 Å². The van der Waals surface area contributed by atoms with Crippen LogP contribution in [0.25, 0.3) is 0 Å². The van der Waals surface area contributed by atoms with E-state index >= 15 is 0 Å². The van der Waals surface area contributed by atoms with Crippen molar-refractivity contribution in [1.82, 2.24) is 0 Å². The number of carboxylic acid groups (broad SMARTS) is 1. The summed E-state index contributed by atoms with van der Waals surface area (Å²) in [5.41, 5.74) is -0.471. The standard InChI is InChI=1S/C7H5O5S.Na/c8-7(9)5-3-1-2-4-6(5)13(10,11)12;/h1,3-4H,(H,8,9)(H,10,11,12);/q-1;+1. The molecule has 0 unspecified atom stereocenters. The van der Waals surface area contributed by atoms with Crippen LogP contribution in [0.1, 0.15) is 10.4 Å². The Morgan fingerprint density at radius 1 is 1.43 bits per heavy atom. The van der Waals surface area contributed by atoms with Crippen molar-refractivity contribution < 1.29 is 52.4 Å². The summed E-state index contributed by atoms with van der Waals surface area (Å²) < 4.78 is 29.9.